The van der Waals surface area contributed by atoms with Crippen LogP contribution in [0.3, 0.4) is 0 Å². The Kier molecular flexibility index (Phi) is 5.41. The number of ether oxygens (including phenoxy) is 1. The molecule has 1 aromatic heterocycles. The molecule has 7 nitrogen and oxygen atoms in total. The van der Waals surface area contributed by atoms with Crippen LogP contribution in [0.25, 0.3) is 5.69 Å². The SMILES string of the molecule is Cc1nn(-c2ccc(C3CNNC3)cc2)c(=O)n1Cc1cccc(OC(F)F)c1. The fraction of sp³-hybridized carbons (Fsp3) is 0.300. The van der Waals surface area contributed by atoms with Crippen LogP contribution in [-0.4, -0.2) is 34.0 Å². The van der Waals surface area contributed by atoms with Crippen LogP contribution in [0, 0.1) is 6.92 Å². The standard InChI is InChI=1S/C20H21F2N5O2/c1-13-25-27(17-7-5-15(6-8-17)16-10-23-24-11-16)20(28)26(13)12-14-3-2-4-18(9-14)29-19(21)22/h2-9,16,19,23-24H,10-12H2,1H3. The van der Waals surface area contributed by atoms with Crippen LogP contribution in [0.2, 0.25) is 0 Å². The fourth-order valence-electron chi connectivity index (χ4n) is 3.43. The minimum atomic E-state index is -2.89. The number of aromatic nitrogens is 3. The average Bonchev–Trinajstić information content (AvgIpc) is 3.32. The zero-order chi connectivity index (χ0) is 20.4. The maximum absolute atomic E-state index is 12.9. The van der Waals surface area contributed by atoms with Gasteiger partial charge in [0.2, 0.25) is 0 Å². The van der Waals surface area contributed by atoms with E-state index in [2.05, 4.69) is 20.7 Å². The van der Waals surface area contributed by atoms with Crippen molar-refractivity contribution in [3.63, 3.8) is 0 Å². The van der Waals surface area contributed by atoms with E-state index in [1.165, 1.54) is 26.9 Å². The molecule has 29 heavy (non-hydrogen) atoms. The number of nitrogens with one attached hydrogen (secondary N) is 2. The number of nitrogens with zero attached hydrogens (tertiary/aromatic N) is 3. The van der Waals surface area contributed by atoms with Gasteiger partial charge < -0.3 is 4.74 Å². The highest BCUT2D eigenvalue weighted by atomic mass is 19.3. The van der Waals surface area contributed by atoms with Gasteiger partial charge in [0.15, 0.2) is 0 Å². The molecule has 0 unspecified atom stereocenters. The van der Waals surface area contributed by atoms with Crippen LogP contribution >= 0.6 is 0 Å². The Morgan fingerprint density at radius 3 is 2.59 bits per heavy atom. The number of rotatable bonds is 6. The van der Waals surface area contributed by atoms with Crippen molar-refractivity contribution in [2.24, 2.45) is 0 Å². The molecule has 2 heterocycles. The fourth-order valence-corrected chi connectivity index (χ4v) is 3.43. The molecule has 0 saturated carbocycles. The van der Waals surface area contributed by atoms with Gasteiger partial charge in [0.25, 0.3) is 0 Å². The summed E-state index contributed by atoms with van der Waals surface area (Å²) in [5.41, 5.74) is 8.45. The highest BCUT2D eigenvalue weighted by Gasteiger charge is 2.17. The summed E-state index contributed by atoms with van der Waals surface area (Å²) < 4.78 is 32.1. The number of halogens is 2. The molecular weight excluding hydrogens is 380 g/mol. The van der Waals surface area contributed by atoms with E-state index in [0.717, 1.165) is 13.1 Å². The molecule has 2 aromatic carbocycles. The van der Waals surface area contributed by atoms with Crippen LogP contribution in [0.4, 0.5) is 8.78 Å². The molecule has 0 radical (unpaired) electrons. The summed E-state index contributed by atoms with van der Waals surface area (Å²) in [5.74, 6) is 0.980. The largest absolute Gasteiger partial charge is 0.435 e. The summed E-state index contributed by atoms with van der Waals surface area (Å²) in [6, 6.07) is 14.1. The second-order valence-corrected chi connectivity index (χ2v) is 6.90. The van der Waals surface area contributed by atoms with Crippen molar-refractivity contribution in [2.45, 2.75) is 26.0 Å². The zero-order valence-corrected chi connectivity index (χ0v) is 15.8. The molecule has 0 spiro atoms. The molecule has 1 aliphatic heterocycles. The number of aryl methyl sites for hydroxylation is 1. The normalized spacial score (nSPS) is 14.6. The Labute approximate surface area is 165 Å². The van der Waals surface area contributed by atoms with Crippen molar-refractivity contribution in [3.05, 3.63) is 76.0 Å². The van der Waals surface area contributed by atoms with E-state index in [-0.39, 0.29) is 18.0 Å². The lowest BCUT2D eigenvalue weighted by Gasteiger charge is -2.08. The van der Waals surface area contributed by atoms with Crippen LogP contribution in [0.15, 0.2) is 53.3 Å². The van der Waals surface area contributed by atoms with Gasteiger partial charge in [-0.15, -0.1) is 0 Å². The summed E-state index contributed by atoms with van der Waals surface area (Å²) in [6.45, 7) is 0.781. The van der Waals surface area contributed by atoms with Crippen molar-refractivity contribution in [1.82, 2.24) is 25.2 Å². The third kappa shape index (κ3) is 4.20. The quantitative estimate of drug-likeness (QED) is 0.663. The van der Waals surface area contributed by atoms with Crippen molar-refractivity contribution in [2.75, 3.05) is 13.1 Å². The van der Waals surface area contributed by atoms with Gasteiger partial charge in [-0.25, -0.2) is 4.79 Å². The predicted octanol–water partition coefficient (Wildman–Crippen LogP) is 2.18. The van der Waals surface area contributed by atoms with Gasteiger partial charge in [0, 0.05) is 19.0 Å². The molecule has 1 aliphatic rings. The Morgan fingerprint density at radius 2 is 1.90 bits per heavy atom. The minimum absolute atomic E-state index is 0.0575. The molecule has 3 aromatic rings. The topological polar surface area (TPSA) is 73.1 Å². The van der Waals surface area contributed by atoms with E-state index in [4.69, 9.17) is 0 Å². The van der Waals surface area contributed by atoms with Crippen LogP contribution in [0.5, 0.6) is 5.75 Å². The van der Waals surface area contributed by atoms with Gasteiger partial charge in [0.1, 0.15) is 11.6 Å². The van der Waals surface area contributed by atoms with Gasteiger partial charge in [-0.05, 0) is 42.3 Å². The number of hydrazine groups is 1. The third-order valence-corrected chi connectivity index (χ3v) is 4.94. The smallest absolute Gasteiger partial charge is 0.387 e. The summed E-state index contributed by atoms with van der Waals surface area (Å²) >= 11 is 0. The van der Waals surface area contributed by atoms with E-state index < -0.39 is 6.61 Å². The van der Waals surface area contributed by atoms with Gasteiger partial charge in [-0.2, -0.15) is 18.6 Å². The Balaban J connectivity index is 1.57. The molecule has 0 bridgehead atoms. The Morgan fingerprint density at radius 1 is 1.17 bits per heavy atom. The molecule has 1 fully saturated rings. The summed E-state index contributed by atoms with van der Waals surface area (Å²) in [5, 5.41) is 4.37. The first-order valence-electron chi connectivity index (χ1n) is 9.27. The van der Waals surface area contributed by atoms with Gasteiger partial charge in [-0.3, -0.25) is 15.4 Å². The Hall–Kier alpha value is -3.04. The first-order valence-corrected chi connectivity index (χ1v) is 9.27. The average molecular weight is 401 g/mol. The van der Waals surface area contributed by atoms with Gasteiger partial charge in [0.05, 0.1) is 12.2 Å². The second kappa shape index (κ2) is 8.14. The van der Waals surface area contributed by atoms with E-state index in [1.807, 2.05) is 24.3 Å². The molecule has 152 valence electrons. The third-order valence-electron chi connectivity index (χ3n) is 4.94. The zero-order valence-electron chi connectivity index (χ0n) is 15.8. The van der Waals surface area contributed by atoms with Crippen LogP contribution < -0.4 is 21.3 Å². The molecule has 2 N–H and O–H groups in total. The molecule has 0 aliphatic carbocycles. The number of hydrogen-bond acceptors (Lipinski definition) is 5. The van der Waals surface area contributed by atoms with Crippen molar-refractivity contribution in [1.29, 1.82) is 0 Å². The van der Waals surface area contributed by atoms with E-state index >= 15 is 0 Å². The van der Waals surface area contributed by atoms with Crippen molar-refractivity contribution < 1.29 is 13.5 Å². The molecule has 4 rings (SSSR count). The maximum atomic E-state index is 12.9. The number of hydrogen-bond donors (Lipinski definition) is 2. The summed E-state index contributed by atoms with van der Waals surface area (Å²) in [4.78, 5) is 12.9. The van der Waals surface area contributed by atoms with Gasteiger partial charge in [-0.1, -0.05) is 24.3 Å². The van der Waals surface area contributed by atoms with E-state index in [9.17, 15) is 13.6 Å². The van der Waals surface area contributed by atoms with E-state index in [0.29, 0.717) is 23.0 Å². The first kappa shape index (κ1) is 19.3. The molecule has 9 heteroatoms. The van der Waals surface area contributed by atoms with Crippen LogP contribution in [0.1, 0.15) is 22.9 Å². The number of benzene rings is 2. The molecule has 0 atom stereocenters. The predicted molar refractivity (Wildman–Crippen MR) is 103 cm³/mol. The van der Waals surface area contributed by atoms with Crippen molar-refractivity contribution >= 4 is 0 Å². The Bertz CT molecular complexity index is 1040. The minimum Gasteiger partial charge on any atom is -0.435 e. The first-order chi connectivity index (χ1) is 14.0. The number of alkyl halides is 2. The molecular formula is C20H21F2N5O2. The molecule has 1 saturated heterocycles. The monoisotopic (exact) mass is 401 g/mol. The van der Waals surface area contributed by atoms with Crippen LogP contribution in [-0.2, 0) is 6.54 Å². The van der Waals surface area contributed by atoms with Crippen molar-refractivity contribution in [3.8, 4) is 11.4 Å². The highest BCUT2D eigenvalue weighted by molar-refractivity contribution is 5.36. The van der Waals surface area contributed by atoms with E-state index in [1.54, 1.807) is 19.1 Å². The lowest BCUT2D eigenvalue weighted by atomic mass is 10.0. The highest BCUT2D eigenvalue weighted by Crippen LogP contribution is 2.19. The molecule has 0 amide bonds. The lowest BCUT2D eigenvalue weighted by molar-refractivity contribution is -0.0498. The van der Waals surface area contributed by atoms with Gasteiger partial charge >= 0.3 is 12.3 Å². The lowest BCUT2D eigenvalue weighted by Crippen LogP contribution is -2.24. The summed E-state index contributed by atoms with van der Waals surface area (Å²) in [7, 11) is 0. The second-order valence-electron chi connectivity index (χ2n) is 6.90. The summed E-state index contributed by atoms with van der Waals surface area (Å²) in [6.07, 6.45) is 0. The maximum Gasteiger partial charge on any atom is 0.387 e.